The summed E-state index contributed by atoms with van der Waals surface area (Å²) in [6.45, 7) is -0.284. The number of carboxylic acid groups (broad SMARTS) is 1. The maximum absolute atomic E-state index is 12.1. The van der Waals surface area contributed by atoms with Crippen molar-refractivity contribution in [2.24, 2.45) is 11.8 Å². The van der Waals surface area contributed by atoms with E-state index < -0.39 is 29.6 Å². The zero-order chi connectivity index (χ0) is 18.4. The lowest BCUT2D eigenvalue weighted by Crippen LogP contribution is -2.49. The molecule has 1 aromatic rings. The fraction of sp³-hybridized carbons (Fsp3) is 0.438. The van der Waals surface area contributed by atoms with Gasteiger partial charge in [0.15, 0.2) is 6.61 Å². The number of halogens is 2. The number of nitrogens with one attached hydrogen (secondary N) is 2. The number of amides is 2. The van der Waals surface area contributed by atoms with Crippen LogP contribution in [0.15, 0.2) is 27.1 Å². The molecule has 136 valence electrons. The van der Waals surface area contributed by atoms with Crippen LogP contribution < -0.4 is 15.6 Å². The molecule has 0 heterocycles. The molecule has 1 aliphatic carbocycles. The first-order chi connectivity index (χ1) is 11.9. The number of aliphatic carboxylic acids is 1. The standard InChI is InChI=1S/C16H18Br2N2O5/c17-9-5-6-13(12(18)7-9)25-8-14(21)19-20-15(22)10-3-1-2-4-11(10)16(23)24/h5-7,10-11H,1-4,8H2,(H,19,21)(H,20,22)(H,23,24)/t10-,11+/m1/s1. The van der Waals surface area contributed by atoms with E-state index in [2.05, 4.69) is 42.7 Å². The van der Waals surface area contributed by atoms with Crippen LogP contribution in [-0.2, 0) is 14.4 Å². The summed E-state index contributed by atoms with van der Waals surface area (Å²) in [5, 5.41) is 9.20. The fourth-order valence-electron chi connectivity index (χ4n) is 2.74. The Morgan fingerprint density at radius 1 is 1.12 bits per heavy atom. The Kier molecular flexibility index (Phi) is 7.24. The van der Waals surface area contributed by atoms with Gasteiger partial charge in [-0.2, -0.15) is 0 Å². The van der Waals surface area contributed by atoms with Crippen LogP contribution in [0.4, 0.5) is 0 Å². The third-order valence-corrected chi connectivity index (χ3v) is 5.11. The first-order valence-corrected chi connectivity index (χ1v) is 9.36. The molecule has 1 saturated carbocycles. The Morgan fingerprint density at radius 2 is 1.80 bits per heavy atom. The van der Waals surface area contributed by atoms with Gasteiger partial charge >= 0.3 is 5.97 Å². The highest BCUT2D eigenvalue weighted by Crippen LogP contribution is 2.30. The first kappa shape index (κ1) is 19.7. The number of hydrogen-bond acceptors (Lipinski definition) is 4. The van der Waals surface area contributed by atoms with Crippen molar-refractivity contribution >= 4 is 49.6 Å². The van der Waals surface area contributed by atoms with Crippen LogP contribution >= 0.6 is 31.9 Å². The monoisotopic (exact) mass is 476 g/mol. The third-order valence-electron chi connectivity index (χ3n) is 4.00. The van der Waals surface area contributed by atoms with Gasteiger partial charge in [-0.25, -0.2) is 0 Å². The summed E-state index contributed by atoms with van der Waals surface area (Å²) >= 11 is 6.64. The van der Waals surface area contributed by atoms with E-state index in [1.165, 1.54) is 0 Å². The lowest BCUT2D eigenvalue weighted by molar-refractivity contribution is -0.149. The first-order valence-electron chi connectivity index (χ1n) is 7.78. The van der Waals surface area contributed by atoms with Crippen LogP contribution in [0.3, 0.4) is 0 Å². The molecule has 2 rings (SSSR count). The summed E-state index contributed by atoms with van der Waals surface area (Å²) in [6, 6.07) is 5.25. The van der Waals surface area contributed by atoms with Gasteiger partial charge in [0, 0.05) is 4.47 Å². The summed E-state index contributed by atoms with van der Waals surface area (Å²) in [6.07, 6.45) is 2.57. The van der Waals surface area contributed by atoms with Crippen molar-refractivity contribution in [2.45, 2.75) is 25.7 Å². The lowest BCUT2D eigenvalue weighted by Gasteiger charge is -2.27. The Labute approximate surface area is 161 Å². The van der Waals surface area contributed by atoms with Gasteiger partial charge in [0.05, 0.1) is 16.3 Å². The minimum absolute atomic E-state index is 0.284. The van der Waals surface area contributed by atoms with Crippen molar-refractivity contribution in [1.82, 2.24) is 10.9 Å². The molecule has 0 bridgehead atoms. The number of carboxylic acids is 1. The molecule has 2 amide bonds. The third kappa shape index (κ3) is 5.71. The lowest BCUT2D eigenvalue weighted by atomic mass is 9.79. The van der Waals surface area contributed by atoms with Gasteiger partial charge in [-0.3, -0.25) is 25.2 Å². The highest BCUT2D eigenvalue weighted by atomic mass is 79.9. The maximum atomic E-state index is 12.1. The van der Waals surface area contributed by atoms with Crippen LogP contribution in [0.5, 0.6) is 5.75 Å². The minimum atomic E-state index is -0.977. The van der Waals surface area contributed by atoms with Crippen LogP contribution in [0.1, 0.15) is 25.7 Å². The summed E-state index contributed by atoms with van der Waals surface area (Å²) in [5.74, 6) is -2.85. The number of hydrazine groups is 1. The van der Waals surface area contributed by atoms with Gasteiger partial charge in [0.2, 0.25) is 5.91 Å². The molecule has 0 spiro atoms. The van der Waals surface area contributed by atoms with E-state index in [-0.39, 0.29) is 6.61 Å². The Hall–Kier alpha value is -1.61. The van der Waals surface area contributed by atoms with Crippen LogP contribution in [0, 0.1) is 11.8 Å². The van der Waals surface area contributed by atoms with Crippen molar-refractivity contribution in [2.75, 3.05) is 6.61 Å². The van der Waals surface area contributed by atoms with E-state index in [4.69, 9.17) is 4.74 Å². The van der Waals surface area contributed by atoms with Crippen LogP contribution in [0.2, 0.25) is 0 Å². The molecule has 0 aromatic heterocycles. The minimum Gasteiger partial charge on any atom is -0.483 e. The second-order valence-electron chi connectivity index (χ2n) is 5.74. The molecule has 0 aliphatic heterocycles. The van der Waals surface area contributed by atoms with Crippen molar-refractivity contribution in [3.05, 3.63) is 27.1 Å². The van der Waals surface area contributed by atoms with E-state index in [1.54, 1.807) is 18.2 Å². The predicted octanol–water partition coefficient (Wildman–Crippen LogP) is 2.63. The quantitative estimate of drug-likeness (QED) is 0.565. The van der Waals surface area contributed by atoms with E-state index in [9.17, 15) is 19.5 Å². The van der Waals surface area contributed by atoms with Crippen molar-refractivity contribution in [3.8, 4) is 5.75 Å². The molecule has 3 N–H and O–H groups in total. The number of hydrogen-bond donors (Lipinski definition) is 3. The fourth-order valence-corrected chi connectivity index (χ4v) is 3.90. The zero-order valence-electron chi connectivity index (χ0n) is 13.3. The second kappa shape index (κ2) is 9.19. The van der Waals surface area contributed by atoms with E-state index >= 15 is 0 Å². The normalized spacial score (nSPS) is 19.8. The Bertz CT molecular complexity index is 668. The molecular weight excluding hydrogens is 460 g/mol. The van der Waals surface area contributed by atoms with Gasteiger partial charge in [0.1, 0.15) is 5.75 Å². The number of ether oxygens (including phenoxy) is 1. The molecule has 25 heavy (non-hydrogen) atoms. The number of carbonyl (C=O) groups excluding carboxylic acids is 2. The largest absolute Gasteiger partial charge is 0.483 e. The SMILES string of the molecule is O=C(COc1ccc(Br)cc1Br)NNC(=O)[C@@H]1CCCC[C@@H]1C(=O)O. The summed E-state index contributed by atoms with van der Waals surface area (Å²) in [4.78, 5) is 35.2. The highest BCUT2D eigenvalue weighted by molar-refractivity contribution is 9.11. The zero-order valence-corrected chi connectivity index (χ0v) is 16.4. The maximum Gasteiger partial charge on any atom is 0.307 e. The van der Waals surface area contributed by atoms with Gasteiger partial charge < -0.3 is 9.84 Å². The summed E-state index contributed by atoms with van der Waals surface area (Å²) < 4.78 is 6.92. The van der Waals surface area contributed by atoms with Gasteiger partial charge in [0.25, 0.3) is 5.91 Å². The Morgan fingerprint density at radius 3 is 2.44 bits per heavy atom. The van der Waals surface area contributed by atoms with Crippen LogP contribution in [-0.4, -0.2) is 29.5 Å². The smallest absolute Gasteiger partial charge is 0.307 e. The molecule has 0 saturated heterocycles. The molecule has 0 radical (unpaired) electrons. The topological polar surface area (TPSA) is 105 Å². The summed E-state index contributed by atoms with van der Waals surface area (Å²) in [5.41, 5.74) is 4.56. The predicted molar refractivity (Wildman–Crippen MR) is 96.7 cm³/mol. The van der Waals surface area contributed by atoms with Crippen molar-refractivity contribution in [1.29, 1.82) is 0 Å². The highest BCUT2D eigenvalue weighted by Gasteiger charge is 2.35. The number of rotatable bonds is 5. The van der Waals surface area contributed by atoms with Crippen LogP contribution in [0.25, 0.3) is 0 Å². The van der Waals surface area contributed by atoms with Gasteiger partial charge in [-0.1, -0.05) is 28.8 Å². The average molecular weight is 478 g/mol. The van der Waals surface area contributed by atoms with Gasteiger partial charge in [-0.05, 0) is 47.0 Å². The average Bonchev–Trinajstić information content (AvgIpc) is 2.58. The van der Waals surface area contributed by atoms with Gasteiger partial charge in [-0.15, -0.1) is 0 Å². The molecule has 9 heteroatoms. The number of benzene rings is 1. The van der Waals surface area contributed by atoms with Crippen molar-refractivity contribution < 1.29 is 24.2 Å². The second-order valence-corrected chi connectivity index (χ2v) is 7.51. The number of carbonyl (C=O) groups is 3. The summed E-state index contributed by atoms with van der Waals surface area (Å²) in [7, 11) is 0. The molecule has 0 unspecified atom stereocenters. The Balaban J connectivity index is 1.80. The molecule has 2 atom stereocenters. The molecule has 1 aromatic carbocycles. The van der Waals surface area contributed by atoms with E-state index in [0.29, 0.717) is 23.1 Å². The molecule has 1 fully saturated rings. The molecular formula is C16H18Br2N2O5. The molecule has 7 nitrogen and oxygen atoms in total. The van der Waals surface area contributed by atoms with E-state index in [1.807, 2.05) is 0 Å². The van der Waals surface area contributed by atoms with Crippen molar-refractivity contribution in [3.63, 3.8) is 0 Å². The van der Waals surface area contributed by atoms with E-state index in [0.717, 1.165) is 17.3 Å². The molecule has 1 aliphatic rings.